The van der Waals surface area contributed by atoms with E-state index in [9.17, 15) is 14.4 Å². The maximum absolute atomic E-state index is 11.9. The maximum Gasteiger partial charge on any atom is 0.323 e. The van der Waals surface area contributed by atoms with Crippen molar-refractivity contribution in [1.29, 1.82) is 0 Å². The number of nitrogens with one attached hydrogen (secondary N) is 1. The first-order valence-electron chi connectivity index (χ1n) is 8.56. The van der Waals surface area contributed by atoms with Crippen molar-refractivity contribution in [2.75, 3.05) is 18.9 Å². The first-order valence-corrected chi connectivity index (χ1v) is 8.56. The number of hydrogen-bond acceptors (Lipinski definition) is 10. The van der Waals surface area contributed by atoms with E-state index in [0.29, 0.717) is 0 Å². The van der Waals surface area contributed by atoms with E-state index in [0.717, 1.165) is 0 Å². The van der Waals surface area contributed by atoms with Gasteiger partial charge in [0.25, 0.3) is 5.56 Å². The second-order valence-corrected chi connectivity index (χ2v) is 6.46. The first kappa shape index (κ1) is 24.3. The Hall–Kier alpha value is -2.70. The minimum Gasteiger partial charge on any atom is -0.463 e. The number of hydrogen-bond donors (Lipinski definition) is 3. The summed E-state index contributed by atoms with van der Waals surface area (Å²) in [5.41, 5.74) is 11.1. The van der Waals surface area contributed by atoms with Crippen LogP contribution in [0.3, 0.4) is 0 Å². The molecule has 2 aromatic heterocycles. The molecule has 2 aromatic rings. The summed E-state index contributed by atoms with van der Waals surface area (Å²) in [5, 5.41) is 0. The maximum atomic E-state index is 11.9. The van der Waals surface area contributed by atoms with Crippen LogP contribution < -0.4 is 17.0 Å². The summed E-state index contributed by atoms with van der Waals surface area (Å²) in [6.45, 7) is 4.44. The van der Waals surface area contributed by atoms with Gasteiger partial charge in [0.05, 0.1) is 6.33 Å². The molecule has 2 atom stereocenters. The summed E-state index contributed by atoms with van der Waals surface area (Å²) >= 11 is 0. The zero-order chi connectivity index (χ0) is 20.8. The number of rotatable bonds is 9. The number of aromatic nitrogens is 4. The van der Waals surface area contributed by atoms with Crippen LogP contribution in [0.4, 0.5) is 5.95 Å². The molecular weight excluding hydrogens is 408 g/mol. The third kappa shape index (κ3) is 6.69. The molecule has 162 valence electrons. The van der Waals surface area contributed by atoms with E-state index >= 15 is 0 Å². The van der Waals surface area contributed by atoms with E-state index in [1.54, 1.807) is 13.8 Å². The largest absolute Gasteiger partial charge is 0.463 e. The third-order valence-electron chi connectivity index (χ3n) is 3.82. The molecule has 0 amide bonds. The second kappa shape index (κ2) is 10.7. The molecule has 0 radical (unpaired) electrons. The number of aromatic amines is 1. The summed E-state index contributed by atoms with van der Waals surface area (Å²) in [6.07, 6.45) is 0.597. The van der Waals surface area contributed by atoms with Gasteiger partial charge in [0.15, 0.2) is 11.2 Å². The van der Waals surface area contributed by atoms with Crippen LogP contribution in [0.2, 0.25) is 0 Å². The lowest BCUT2D eigenvalue weighted by atomic mass is 10.1. The number of ether oxygens (including phenoxy) is 3. The Morgan fingerprint density at radius 2 is 1.93 bits per heavy atom. The van der Waals surface area contributed by atoms with Crippen molar-refractivity contribution in [1.82, 2.24) is 19.5 Å². The summed E-state index contributed by atoms with van der Waals surface area (Å²) in [5.74, 6) is -1.24. The van der Waals surface area contributed by atoms with Gasteiger partial charge in [-0.2, -0.15) is 4.98 Å². The van der Waals surface area contributed by atoms with Gasteiger partial charge in [-0.25, -0.2) is 4.98 Å². The van der Waals surface area contributed by atoms with Gasteiger partial charge in [-0.3, -0.25) is 23.9 Å². The molecule has 0 aliphatic heterocycles. The molecule has 5 N–H and O–H groups in total. The van der Waals surface area contributed by atoms with Gasteiger partial charge in [0.2, 0.25) is 5.95 Å². The minimum absolute atomic E-state index is 0. The molecule has 0 unspecified atom stereocenters. The van der Waals surface area contributed by atoms with Gasteiger partial charge in [0, 0.05) is 6.92 Å². The highest BCUT2D eigenvalue weighted by molar-refractivity contribution is 5.85. The second-order valence-electron chi connectivity index (χ2n) is 6.46. The SMILES string of the molecule is CC(=O)OC[C@H](COC(=O)[C@@H](N)C(C)C)OCn1cnc2c(=O)[nH]c(N)nc21.Cl. The summed E-state index contributed by atoms with van der Waals surface area (Å²) in [6, 6.07) is -0.772. The molecular formula is C16H25ClN6O6. The van der Waals surface area contributed by atoms with Gasteiger partial charge >= 0.3 is 11.9 Å². The topological polar surface area (TPSA) is 177 Å². The highest BCUT2D eigenvalue weighted by atomic mass is 35.5. The zero-order valence-corrected chi connectivity index (χ0v) is 17.1. The number of anilines is 1. The van der Waals surface area contributed by atoms with Crippen LogP contribution in [0.25, 0.3) is 11.2 Å². The molecule has 0 aromatic carbocycles. The molecule has 2 heterocycles. The van der Waals surface area contributed by atoms with Gasteiger partial charge in [-0.1, -0.05) is 13.8 Å². The van der Waals surface area contributed by atoms with E-state index in [1.807, 2.05) is 0 Å². The third-order valence-corrected chi connectivity index (χ3v) is 3.82. The molecule has 29 heavy (non-hydrogen) atoms. The Morgan fingerprint density at radius 1 is 1.28 bits per heavy atom. The highest BCUT2D eigenvalue weighted by Gasteiger charge is 2.22. The Morgan fingerprint density at radius 3 is 2.55 bits per heavy atom. The van der Waals surface area contributed by atoms with E-state index in [4.69, 9.17) is 25.7 Å². The molecule has 0 fully saturated rings. The summed E-state index contributed by atoms with van der Waals surface area (Å²) < 4.78 is 17.2. The van der Waals surface area contributed by atoms with Crippen LogP contribution in [0.5, 0.6) is 0 Å². The van der Waals surface area contributed by atoms with Crippen molar-refractivity contribution in [3.8, 4) is 0 Å². The van der Waals surface area contributed by atoms with Crippen LogP contribution in [-0.2, 0) is 30.5 Å². The number of nitrogens with two attached hydrogens (primary N) is 2. The summed E-state index contributed by atoms with van der Waals surface area (Å²) in [7, 11) is 0. The Kier molecular flexibility index (Phi) is 9.01. The zero-order valence-electron chi connectivity index (χ0n) is 16.3. The van der Waals surface area contributed by atoms with Crippen molar-refractivity contribution in [3.63, 3.8) is 0 Å². The quantitative estimate of drug-likeness (QED) is 0.439. The lowest BCUT2D eigenvalue weighted by molar-refractivity contribution is -0.157. The number of imidazole rings is 1. The fraction of sp³-hybridized carbons (Fsp3) is 0.562. The first-order chi connectivity index (χ1) is 13.2. The number of esters is 2. The molecule has 0 aliphatic rings. The fourth-order valence-electron chi connectivity index (χ4n) is 2.15. The number of carbonyl (C=O) groups excluding carboxylic acids is 2. The lowest BCUT2D eigenvalue weighted by Crippen LogP contribution is -2.39. The van der Waals surface area contributed by atoms with Gasteiger partial charge < -0.3 is 25.7 Å². The van der Waals surface area contributed by atoms with Gasteiger partial charge in [-0.15, -0.1) is 12.4 Å². The molecule has 0 saturated heterocycles. The van der Waals surface area contributed by atoms with Crippen LogP contribution >= 0.6 is 12.4 Å². The van der Waals surface area contributed by atoms with Crippen molar-refractivity contribution in [2.45, 2.75) is 39.6 Å². The monoisotopic (exact) mass is 432 g/mol. The van der Waals surface area contributed by atoms with Gasteiger partial charge in [-0.05, 0) is 5.92 Å². The Labute approximate surface area is 172 Å². The van der Waals surface area contributed by atoms with Crippen LogP contribution in [0.15, 0.2) is 11.1 Å². The van der Waals surface area contributed by atoms with Crippen molar-refractivity contribution in [3.05, 3.63) is 16.7 Å². The fourth-order valence-corrected chi connectivity index (χ4v) is 2.15. The number of nitrogen functional groups attached to an aromatic ring is 1. The number of nitrogens with zero attached hydrogens (tertiary/aromatic N) is 3. The molecule has 2 rings (SSSR count). The molecule has 0 bridgehead atoms. The predicted molar refractivity (Wildman–Crippen MR) is 105 cm³/mol. The molecule has 0 spiro atoms. The highest BCUT2D eigenvalue weighted by Crippen LogP contribution is 2.09. The normalized spacial score (nSPS) is 13.0. The van der Waals surface area contributed by atoms with Crippen molar-refractivity contribution in [2.24, 2.45) is 11.7 Å². The van der Waals surface area contributed by atoms with Gasteiger partial charge in [0.1, 0.15) is 32.1 Å². The molecule has 0 aliphatic carbocycles. The number of H-pyrrole nitrogens is 1. The number of carbonyl (C=O) groups is 2. The predicted octanol–water partition coefficient (Wildman–Crippen LogP) is -0.444. The van der Waals surface area contributed by atoms with E-state index in [2.05, 4.69) is 15.0 Å². The van der Waals surface area contributed by atoms with Crippen molar-refractivity contribution >= 4 is 41.5 Å². The number of halogens is 1. The van der Waals surface area contributed by atoms with Crippen LogP contribution in [-0.4, -0.2) is 56.8 Å². The number of fused-ring (bicyclic) bond motifs is 1. The lowest BCUT2D eigenvalue weighted by Gasteiger charge is -2.20. The molecule has 12 nitrogen and oxygen atoms in total. The van der Waals surface area contributed by atoms with Crippen LogP contribution in [0.1, 0.15) is 20.8 Å². The van der Waals surface area contributed by atoms with E-state index < -0.39 is 29.6 Å². The average molecular weight is 433 g/mol. The minimum atomic E-state index is -0.772. The smallest absolute Gasteiger partial charge is 0.323 e. The van der Waals surface area contributed by atoms with E-state index in [-0.39, 0.29) is 55.4 Å². The van der Waals surface area contributed by atoms with Crippen LogP contribution in [0, 0.1) is 5.92 Å². The summed E-state index contributed by atoms with van der Waals surface area (Å²) in [4.78, 5) is 45.1. The standard InChI is InChI=1S/C16H24N6O6.ClH/c1-8(2)11(17)15(25)27-5-10(4-26-9(3)23)28-7-22-6-19-12-13(22)20-16(18)21-14(12)24;/h6,8,10-11H,4-5,7,17H2,1-3H3,(H3,18,20,21,24);1H/t10-,11+;/m1./s1. The Balaban J connectivity index is 0.00000420. The average Bonchev–Trinajstić information content (AvgIpc) is 3.02. The molecule has 0 saturated carbocycles. The molecule has 13 heteroatoms. The van der Waals surface area contributed by atoms with Crippen molar-refractivity contribution < 1.29 is 23.8 Å². The van der Waals surface area contributed by atoms with E-state index in [1.165, 1.54) is 17.8 Å². The Bertz CT molecular complexity index is 898.